The summed E-state index contributed by atoms with van der Waals surface area (Å²) < 4.78 is 5.13. The molecule has 0 bridgehead atoms. The Bertz CT molecular complexity index is 786. The van der Waals surface area contributed by atoms with Crippen LogP contribution in [0, 0.1) is 0 Å². The third kappa shape index (κ3) is 2.13. The average Bonchev–Trinajstić information content (AvgIpc) is 3.14. The molecule has 0 spiro atoms. The molecule has 1 aromatic carbocycles. The second-order valence-corrected chi connectivity index (χ2v) is 5.52. The van der Waals surface area contributed by atoms with Gasteiger partial charge in [-0.15, -0.1) is 0 Å². The van der Waals surface area contributed by atoms with E-state index in [2.05, 4.69) is 28.5 Å². The summed E-state index contributed by atoms with van der Waals surface area (Å²) in [5, 5.41) is 4.36. The highest BCUT2D eigenvalue weighted by molar-refractivity contribution is 5.91. The van der Waals surface area contributed by atoms with E-state index in [1.165, 1.54) is 28.4 Å². The highest BCUT2D eigenvalue weighted by Crippen LogP contribution is 2.29. The number of benzene rings is 1. The van der Waals surface area contributed by atoms with Crippen LogP contribution in [0.3, 0.4) is 0 Å². The zero-order valence-electron chi connectivity index (χ0n) is 11.6. The van der Waals surface area contributed by atoms with Gasteiger partial charge < -0.3 is 14.7 Å². The van der Waals surface area contributed by atoms with Crippen LogP contribution in [0.5, 0.6) is 0 Å². The van der Waals surface area contributed by atoms with Gasteiger partial charge in [-0.3, -0.25) is 4.79 Å². The molecule has 2 aromatic heterocycles. The SMILES string of the molecule is O=C(NC1CCc2c([nH]c3ccccc23)C1)c1ccco1. The topological polar surface area (TPSA) is 58.0 Å². The Morgan fingerprint density at radius 2 is 2.14 bits per heavy atom. The predicted molar refractivity (Wildman–Crippen MR) is 80.3 cm³/mol. The monoisotopic (exact) mass is 280 g/mol. The van der Waals surface area contributed by atoms with Crippen LogP contribution >= 0.6 is 0 Å². The normalized spacial score (nSPS) is 17.6. The fourth-order valence-electron chi connectivity index (χ4n) is 3.17. The molecule has 3 aromatic rings. The van der Waals surface area contributed by atoms with E-state index in [9.17, 15) is 4.79 Å². The average molecular weight is 280 g/mol. The number of carbonyl (C=O) groups is 1. The summed E-state index contributed by atoms with van der Waals surface area (Å²) in [6.45, 7) is 0. The molecule has 4 nitrogen and oxygen atoms in total. The number of amides is 1. The van der Waals surface area contributed by atoms with Crippen LogP contribution in [0.25, 0.3) is 10.9 Å². The van der Waals surface area contributed by atoms with Crippen molar-refractivity contribution in [1.82, 2.24) is 10.3 Å². The van der Waals surface area contributed by atoms with Crippen molar-refractivity contribution < 1.29 is 9.21 Å². The van der Waals surface area contributed by atoms with Crippen molar-refractivity contribution in [3.05, 3.63) is 59.7 Å². The molecule has 0 aliphatic heterocycles. The van der Waals surface area contributed by atoms with Gasteiger partial charge in [-0.2, -0.15) is 0 Å². The minimum atomic E-state index is -0.135. The molecule has 1 aliphatic rings. The molecule has 0 radical (unpaired) electrons. The maximum absolute atomic E-state index is 12.0. The minimum Gasteiger partial charge on any atom is -0.459 e. The van der Waals surface area contributed by atoms with Crippen LogP contribution in [-0.2, 0) is 12.8 Å². The number of nitrogens with one attached hydrogen (secondary N) is 2. The first-order valence-electron chi connectivity index (χ1n) is 7.24. The van der Waals surface area contributed by atoms with Crippen molar-refractivity contribution in [3.8, 4) is 0 Å². The molecule has 0 saturated carbocycles. The van der Waals surface area contributed by atoms with Crippen LogP contribution in [0.15, 0.2) is 47.1 Å². The molecular weight excluding hydrogens is 264 g/mol. The van der Waals surface area contributed by atoms with Crippen molar-refractivity contribution in [3.63, 3.8) is 0 Å². The standard InChI is InChI=1S/C17H16N2O2/c20-17(16-6-3-9-21-16)18-11-7-8-13-12-4-1-2-5-14(12)19-15(13)10-11/h1-6,9,11,19H,7-8,10H2,(H,18,20). The van der Waals surface area contributed by atoms with E-state index >= 15 is 0 Å². The van der Waals surface area contributed by atoms with Crippen molar-refractivity contribution in [2.24, 2.45) is 0 Å². The van der Waals surface area contributed by atoms with Gasteiger partial charge in [0.05, 0.1) is 6.26 Å². The number of hydrogen-bond acceptors (Lipinski definition) is 2. The lowest BCUT2D eigenvalue weighted by Crippen LogP contribution is -2.38. The van der Waals surface area contributed by atoms with Gasteiger partial charge in [-0.1, -0.05) is 18.2 Å². The number of aromatic amines is 1. The summed E-state index contributed by atoms with van der Waals surface area (Å²) in [6, 6.07) is 11.9. The van der Waals surface area contributed by atoms with Crippen molar-refractivity contribution >= 4 is 16.8 Å². The van der Waals surface area contributed by atoms with Gasteiger partial charge in [0, 0.05) is 29.1 Å². The molecule has 1 atom stereocenters. The van der Waals surface area contributed by atoms with Crippen LogP contribution in [0.2, 0.25) is 0 Å². The smallest absolute Gasteiger partial charge is 0.287 e. The van der Waals surface area contributed by atoms with Crippen LogP contribution in [-0.4, -0.2) is 16.9 Å². The first-order chi connectivity index (χ1) is 10.3. The highest BCUT2D eigenvalue weighted by Gasteiger charge is 2.24. The lowest BCUT2D eigenvalue weighted by molar-refractivity contribution is 0.0905. The zero-order valence-corrected chi connectivity index (χ0v) is 11.6. The van der Waals surface area contributed by atoms with Gasteiger partial charge in [0.1, 0.15) is 0 Å². The first kappa shape index (κ1) is 12.3. The van der Waals surface area contributed by atoms with Gasteiger partial charge >= 0.3 is 0 Å². The summed E-state index contributed by atoms with van der Waals surface area (Å²) in [6.07, 6.45) is 4.31. The molecule has 21 heavy (non-hydrogen) atoms. The Balaban J connectivity index is 1.55. The summed E-state index contributed by atoms with van der Waals surface area (Å²) >= 11 is 0. The molecule has 1 aliphatic carbocycles. The van der Waals surface area contributed by atoms with E-state index in [-0.39, 0.29) is 11.9 Å². The molecule has 4 heteroatoms. The quantitative estimate of drug-likeness (QED) is 0.758. The maximum atomic E-state index is 12.0. The third-order valence-corrected chi connectivity index (χ3v) is 4.18. The molecule has 0 fully saturated rings. The zero-order chi connectivity index (χ0) is 14.2. The first-order valence-corrected chi connectivity index (χ1v) is 7.24. The second-order valence-electron chi connectivity index (χ2n) is 5.52. The lowest BCUT2D eigenvalue weighted by atomic mass is 9.91. The number of hydrogen-bond donors (Lipinski definition) is 2. The number of aromatic nitrogens is 1. The molecule has 4 rings (SSSR count). The summed E-state index contributed by atoms with van der Waals surface area (Å²) in [4.78, 5) is 15.5. The van der Waals surface area contributed by atoms with Crippen LogP contribution < -0.4 is 5.32 Å². The fourth-order valence-corrected chi connectivity index (χ4v) is 3.17. The van der Waals surface area contributed by atoms with Gasteiger partial charge in [-0.25, -0.2) is 0 Å². The Kier molecular flexibility index (Phi) is 2.81. The predicted octanol–water partition coefficient (Wildman–Crippen LogP) is 3.05. The van der Waals surface area contributed by atoms with E-state index in [4.69, 9.17) is 4.42 Å². The minimum absolute atomic E-state index is 0.135. The number of para-hydroxylation sites is 1. The number of H-pyrrole nitrogens is 1. The van der Waals surface area contributed by atoms with E-state index in [0.717, 1.165) is 19.3 Å². The lowest BCUT2D eigenvalue weighted by Gasteiger charge is -2.23. The fraction of sp³-hybridized carbons (Fsp3) is 0.235. The van der Waals surface area contributed by atoms with Crippen LogP contribution in [0.4, 0.5) is 0 Å². The maximum Gasteiger partial charge on any atom is 0.287 e. The van der Waals surface area contributed by atoms with E-state index in [1.54, 1.807) is 12.1 Å². The van der Waals surface area contributed by atoms with Crippen molar-refractivity contribution in [2.75, 3.05) is 0 Å². The van der Waals surface area contributed by atoms with E-state index in [0.29, 0.717) is 5.76 Å². The Morgan fingerprint density at radius 3 is 3.00 bits per heavy atom. The van der Waals surface area contributed by atoms with Crippen LogP contribution in [0.1, 0.15) is 28.2 Å². The molecule has 2 heterocycles. The van der Waals surface area contributed by atoms with E-state index in [1.807, 2.05) is 6.07 Å². The molecule has 2 N–H and O–H groups in total. The second kappa shape index (κ2) is 4.81. The third-order valence-electron chi connectivity index (χ3n) is 4.18. The number of fused-ring (bicyclic) bond motifs is 3. The number of furan rings is 1. The van der Waals surface area contributed by atoms with Crippen molar-refractivity contribution in [1.29, 1.82) is 0 Å². The summed E-state index contributed by atoms with van der Waals surface area (Å²) in [5.41, 5.74) is 3.82. The van der Waals surface area contributed by atoms with E-state index < -0.39 is 0 Å². The van der Waals surface area contributed by atoms with Crippen molar-refractivity contribution in [2.45, 2.75) is 25.3 Å². The molecular formula is C17H16N2O2. The molecule has 106 valence electrons. The highest BCUT2D eigenvalue weighted by atomic mass is 16.3. The van der Waals surface area contributed by atoms with Gasteiger partial charge in [0.25, 0.3) is 5.91 Å². The number of carbonyl (C=O) groups excluding carboxylic acids is 1. The van der Waals surface area contributed by atoms with Gasteiger partial charge in [0.2, 0.25) is 0 Å². The summed E-state index contributed by atoms with van der Waals surface area (Å²) in [5.74, 6) is 0.238. The molecule has 0 saturated heterocycles. The number of rotatable bonds is 2. The Labute approximate surface area is 122 Å². The molecule has 1 unspecified atom stereocenters. The Morgan fingerprint density at radius 1 is 1.24 bits per heavy atom. The molecule has 1 amide bonds. The Hall–Kier alpha value is -2.49. The largest absolute Gasteiger partial charge is 0.459 e. The number of aryl methyl sites for hydroxylation is 1. The van der Waals surface area contributed by atoms with Gasteiger partial charge in [0.15, 0.2) is 5.76 Å². The van der Waals surface area contributed by atoms with Gasteiger partial charge in [-0.05, 0) is 36.6 Å². The summed E-state index contributed by atoms with van der Waals surface area (Å²) in [7, 11) is 0.